The molecule has 588 valence electrons. The van der Waals surface area contributed by atoms with E-state index in [1.807, 2.05) is 124 Å². The highest BCUT2D eigenvalue weighted by atomic mass is 29.3. The van der Waals surface area contributed by atoms with Gasteiger partial charge in [0.1, 0.15) is 0 Å². The van der Waals surface area contributed by atoms with Crippen molar-refractivity contribution >= 4 is 307 Å². The molecule has 6 aromatic carbocycles. The normalized spacial score (nSPS) is 27.6. The van der Waals surface area contributed by atoms with E-state index in [9.17, 15) is 0 Å². The fourth-order valence-electron chi connectivity index (χ4n) is 24.1. The van der Waals surface area contributed by atoms with Gasteiger partial charge in [0.05, 0.1) is 182 Å². The number of benzene rings is 6. The molecule has 0 saturated carbocycles. The molecule has 0 nitrogen and oxygen atoms in total. The van der Waals surface area contributed by atoms with Crippen molar-refractivity contribution < 1.29 is 0 Å². The quantitative estimate of drug-likeness (QED) is 0.133. The van der Waals surface area contributed by atoms with Gasteiger partial charge in [0.15, 0.2) is 0 Å². The van der Waals surface area contributed by atoms with E-state index in [0.717, 1.165) is 0 Å². The molecule has 24 bridgehead atoms. The largest absolute Gasteiger partial charge is 0.0789 e. The summed E-state index contributed by atoms with van der Waals surface area (Å²) in [6.07, 6.45) is 0. The average Bonchev–Trinajstić information content (AvgIpc) is 0.671. The van der Waals surface area contributed by atoms with Crippen LogP contribution in [0.4, 0.5) is 0 Å². The van der Waals surface area contributed by atoms with Gasteiger partial charge in [-0.25, -0.2) is 0 Å². The molecule has 24 aliphatic rings. The highest BCUT2D eigenvalue weighted by molar-refractivity contribution is 7.64. The first kappa shape index (κ1) is 86.4. The summed E-state index contributed by atoms with van der Waals surface area (Å²) in [4.78, 5) is 0. The molecular formula is C84H156Si24. The van der Waals surface area contributed by atoms with E-state index in [4.69, 9.17) is 0 Å². The Morgan fingerprint density at radius 2 is 0.102 bits per heavy atom. The van der Waals surface area contributed by atoms with Crippen molar-refractivity contribution in [3.8, 4) is 0 Å². The minimum absolute atomic E-state index is 2.01. The van der Waals surface area contributed by atoms with Crippen LogP contribution < -0.4 is 124 Å². The van der Waals surface area contributed by atoms with Crippen molar-refractivity contribution in [3.05, 3.63) is 72.8 Å². The third kappa shape index (κ3) is 9.77. The predicted molar refractivity (Wildman–Crippen MR) is 569 cm³/mol. The minimum atomic E-state index is -2.48. The van der Waals surface area contributed by atoms with Crippen molar-refractivity contribution in [1.29, 1.82) is 0 Å². The standard InChI is InChI=1S/C84H156Si24/c1-85(2)61-49-64-66-50-62(61)87(5,6)90(11,12)69-53-73-71(93(17,18)88(64,7)8)54-70(69)97(25,26)100(31,32)77-57-81-79(102(35,36)98(73,27)28)58-78(77)105(41,42)107(45,46)82-60-83-84(108(47,48)106(81,43)44)59-80(82)103(37,38)99(29,30)74-56-75-76(101(33,34)104(83,39)40)55-72(74)94(19,20)89(9,10)65-52-68(95(21,22)91(66,13)14)67(51-63(65)86(85,3)4)92(15,16)96(75,23)24/h49-60H,1-48H3. The Bertz CT molecular complexity index is 3620. The first-order chi connectivity index (χ1) is 47.7. The van der Waals surface area contributed by atoms with Crippen LogP contribution in [0.1, 0.15) is 0 Å². The molecule has 30 rings (SSSR count). The van der Waals surface area contributed by atoms with Gasteiger partial charge in [0.25, 0.3) is 0 Å². The van der Waals surface area contributed by atoms with Gasteiger partial charge in [-0.3, -0.25) is 0 Å². The Balaban J connectivity index is 1.42. The van der Waals surface area contributed by atoms with E-state index < -0.39 is 182 Å². The highest BCUT2D eigenvalue weighted by Gasteiger charge is 2.67. The number of hydrogen-bond donors (Lipinski definition) is 0. The van der Waals surface area contributed by atoms with Gasteiger partial charge < -0.3 is 0 Å². The first-order valence-corrected chi connectivity index (χ1v) is 127. The molecule has 6 aromatic rings. The van der Waals surface area contributed by atoms with Gasteiger partial charge >= 0.3 is 0 Å². The lowest BCUT2D eigenvalue weighted by Gasteiger charge is -2.57. The lowest BCUT2D eigenvalue weighted by atomic mass is 10.3. The molecule has 108 heavy (non-hydrogen) atoms. The third-order valence-electron chi connectivity index (χ3n) is 41.9. The van der Waals surface area contributed by atoms with Gasteiger partial charge in [0.2, 0.25) is 0 Å². The second kappa shape index (κ2) is 23.4. The fourth-order valence-corrected chi connectivity index (χ4v) is 167. The van der Waals surface area contributed by atoms with Crippen LogP contribution in [0, 0.1) is 0 Å². The van der Waals surface area contributed by atoms with Crippen molar-refractivity contribution in [2.45, 2.75) is 314 Å². The fraction of sp³-hybridized carbons (Fsp3) is 0.571. The molecule has 0 aromatic heterocycles. The van der Waals surface area contributed by atoms with E-state index in [0.29, 0.717) is 0 Å². The van der Waals surface area contributed by atoms with Crippen LogP contribution in [-0.2, 0) is 0 Å². The Labute approximate surface area is 686 Å². The minimum Gasteiger partial charge on any atom is -0.0671 e. The molecule has 24 aliphatic heterocycles. The van der Waals surface area contributed by atoms with E-state index >= 15 is 0 Å². The maximum absolute atomic E-state index is 3.31. The summed E-state index contributed by atoms with van der Waals surface area (Å²) >= 11 is 0. The summed E-state index contributed by atoms with van der Waals surface area (Å²) in [6.45, 7) is 148. The summed E-state index contributed by atoms with van der Waals surface area (Å²) in [7, 11) is -59.6. The van der Waals surface area contributed by atoms with Gasteiger partial charge in [-0.2, -0.15) is 0 Å². The van der Waals surface area contributed by atoms with Crippen LogP contribution >= 0.6 is 0 Å². The molecule has 0 N–H and O–H groups in total. The zero-order valence-electron chi connectivity index (χ0n) is 78.9. The molecule has 0 amide bonds. The molecule has 0 saturated heterocycles. The topological polar surface area (TPSA) is 0 Å². The van der Waals surface area contributed by atoms with Gasteiger partial charge in [-0.05, 0) is 0 Å². The van der Waals surface area contributed by atoms with Gasteiger partial charge in [0, 0.05) is 0 Å². The summed E-state index contributed by atoms with van der Waals surface area (Å²) in [6, 6.07) is 39.8. The number of hydrogen-bond acceptors (Lipinski definition) is 0. The summed E-state index contributed by atoms with van der Waals surface area (Å²) in [5.41, 5.74) is 0. The van der Waals surface area contributed by atoms with Crippen LogP contribution in [-0.4, -0.2) is 182 Å². The maximum Gasteiger partial charge on any atom is 0.0789 e. The smallest absolute Gasteiger partial charge is 0.0671 e. The first-order valence-electron chi connectivity index (χ1n) is 42.9. The zero-order valence-corrected chi connectivity index (χ0v) is 103. The lowest BCUT2D eigenvalue weighted by molar-refractivity contribution is 1.64. The van der Waals surface area contributed by atoms with E-state index in [2.05, 4.69) is 387 Å². The van der Waals surface area contributed by atoms with Crippen molar-refractivity contribution in [3.63, 3.8) is 0 Å². The second-order valence-electron chi connectivity index (χ2n) is 50.7. The lowest BCUT2D eigenvalue weighted by Crippen LogP contribution is -2.91. The van der Waals surface area contributed by atoms with Crippen molar-refractivity contribution in [2.75, 3.05) is 0 Å². The van der Waals surface area contributed by atoms with Crippen molar-refractivity contribution in [2.24, 2.45) is 0 Å². The Kier molecular flexibility index (Phi) is 18.7. The van der Waals surface area contributed by atoms with E-state index in [-0.39, 0.29) is 0 Å². The second-order valence-corrected chi connectivity index (χ2v) is 232. The molecule has 0 unspecified atom stereocenters. The van der Waals surface area contributed by atoms with Crippen LogP contribution in [0.15, 0.2) is 72.8 Å². The van der Waals surface area contributed by atoms with Crippen LogP contribution in [0.25, 0.3) is 0 Å². The Morgan fingerprint density at radius 1 is 0.0741 bits per heavy atom. The average molecular weight is 1840 g/mol. The van der Waals surface area contributed by atoms with Crippen LogP contribution in [0.3, 0.4) is 0 Å². The molecule has 24 heteroatoms. The van der Waals surface area contributed by atoms with Gasteiger partial charge in [-0.1, -0.05) is 512 Å². The Hall–Kier alpha value is 0.525. The Morgan fingerprint density at radius 3 is 0.130 bits per heavy atom. The summed E-state index contributed by atoms with van der Waals surface area (Å²) < 4.78 is 0. The maximum atomic E-state index is 3.31. The highest BCUT2D eigenvalue weighted by Crippen LogP contribution is 2.39. The molecule has 0 aliphatic carbocycles. The third-order valence-corrected chi connectivity index (χ3v) is 256. The molecule has 24 heterocycles. The molecule has 0 radical (unpaired) electrons. The molecule has 0 spiro atoms. The zero-order chi connectivity index (χ0) is 82.3. The SMILES string of the molecule is C[Si]1(C)c2cc3c4cc2[Si](C)(C)[Si](C)(C)c2cc5c(cc2[Si](C)(C)[Si](C)(C)c2cc6c(cc2[Si](C)(C)[Si](C)(C)c2cc7c(cc2[Si](C)(C)[Si](C)(C)c2cc8c(cc2[Si](C)(C)[Si](C)(C)c2cc(c(cc2[Si]1(C)C)[Si](C)(C)[Si]8(C)C)[Si](C)(C)[Si]4(C)C)[Si](C)(C)[Si]7(C)C)[Si](C)(C)[Si]6(C)C)[Si](C)(C)[Si]5(C)C)[Si](C)(C)[Si]3(C)C. The molecular weight excluding hydrogens is 1680 g/mol. The molecule has 0 fully saturated rings. The molecule has 0 atom stereocenters. The monoisotopic (exact) mass is 1840 g/mol. The van der Waals surface area contributed by atoms with Gasteiger partial charge in [-0.15, -0.1) is 0 Å². The van der Waals surface area contributed by atoms with Crippen LogP contribution in [0.2, 0.25) is 314 Å². The van der Waals surface area contributed by atoms with E-state index in [1.54, 1.807) is 0 Å². The summed E-state index contributed by atoms with van der Waals surface area (Å²) in [5, 5.41) is 48.2. The summed E-state index contributed by atoms with van der Waals surface area (Å²) in [5.74, 6) is 0. The predicted octanol–water partition coefficient (Wildman–Crippen LogP) is 9.19. The van der Waals surface area contributed by atoms with Crippen molar-refractivity contribution in [1.82, 2.24) is 0 Å². The number of rotatable bonds is 0. The van der Waals surface area contributed by atoms with Crippen LogP contribution in [0.5, 0.6) is 0 Å². The van der Waals surface area contributed by atoms with E-state index in [1.165, 1.54) is 0 Å².